The molecule has 0 atom stereocenters. The summed E-state index contributed by atoms with van der Waals surface area (Å²) in [6, 6.07) is 5.70. The Balaban J connectivity index is 2.28. The van der Waals surface area contributed by atoms with Gasteiger partial charge in [-0.1, -0.05) is 46.9 Å². The quantitative estimate of drug-likeness (QED) is 0.836. The number of carbonyl (C=O) groups excluding carboxylic acids is 1. The summed E-state index contributed by atoms with van der Waals surface area (Å²) in [5, 5.41) is 2.29. The highest BCUT2D eigenvalue weighted by Gasteiger charge is 2.19. The molecule has 0 saturated carbocycles. The minimum atomic E-state index is -3.02. The van der Waals surface area contributed by atoms with Gasteiger partial charge in [-0.3, -0.25) is 4.79 Å². The molecule has 116 valence electrons. The Morgan fingerprint density at radius 3 is 2.55 bits per heavy atom. The van der Waals surface area contributed by atoms with Crippen LogP contribution in [0, 0.1) is 0 Å². The number of nitrogens with one attached hydrogen (secondary N) is 1. The van der Waals surface area contributed by atoms with E-state index in [1.54, 1.807) is 0 Å². The smallest absolute Gasteiger partial charge is 0.387 e. The van der Waals surface area contributed by atoms with Crippen LogP contribution < -0.4 is 10.1 Å². The molecular weight excluding hydrogens is 361 g/mol. The number of alkyl halides is 2. The topological polar surface area (TPSA) is 51.2 Å². The summed E-state index contributed by atoms with van der Waals surface area (Å²) in [6.07, 6.45) is 1.16. The molecule has 0 unspecified atom stereocenters. The number of benzene rings is 1. The molecule has 1 N–H and O–H groups in total. The number of carbonyl (C=O) groups is 1. The molecule has 1 heterocycles. The Labute approximate surface area is 139 Å². The van der Waals surface area contributed by atoms with Crippen molar-refractivity contribution in [2.24, 2.45) is 0 Å². The Hall–Kier alpha value is -1.63. The van der Waals surface area contributed by atoms with Gasteiger partial charge >= 0.3 is 6.61 Å². The molecule has 2 aromatic rings. The summed E-state index contributed by atoms with van der Waals surface area (Å²) < 4.78 is 29.0. The lowest BCUT2D eigenvalue weighted by Gasteiger charge is -2.12. The number of rotatable bonds is 4. The van der Waals surface area contributed by atoms with Crippen molar-refractivity contribution >= 4 is 46.4 Å². The van der Waals surface area contributed by atoms with Crippen LogP contribution in [0.4, 0.5) is 14.5 Å². The first kappa shape index (κ1) is 16.7. The zero-order chi connectivity index (χ0) is 16.3. The second kappa shape index (κ2) is 7.09. The van der Waals surface area contributed by atoms with Crippen LogP contribution in [0.15, 0.2) is 30.5 Å². The first-order chi connectivity index (χ1) is 10.4. The van der Waals surface area contributed by atoms with E-state index in [0.29, 0.717) is 0 Å². The first-order valence-electron chi connectivity index (χ1n) is 5.75. The minimum Gasteiger partial charge on any atom is -0.433 e. The molecule has 0 bridgehead atoms. The Bertz CT molecular complexity index is 714. The maximum atomic E-state index is 12.3. The fourth-order valence-corrected chi connectivity index (χ4v) is 2.12. The number of nitrogens with zero attached hydrogens (tertiary/aromatic N) is 1. The molecule has 22 heavy (non-hydrogen) atoms. The van der Waals surface area contributed by atoms with Gasteiger partial charge in [-0.2, -0.15) is 8.78 Å². The zero-order valence-corrected chi connectivity index (χ0v) is 12.9. The number of ether oxygens (including phenoxy) is 1. The molecule has 1 aromatic carbocycles. The maximum absolute atomic E-state index is 12.3. The van der Waals surface area contributed by atoms with Crippen LogP contribution in [0.3, 0.4) is 0 Å². The summed E-state index contributed by atoms with van der Waals surface area (Å²) in [5.74, 6) is -0.934. The lowest BCUT2D eigenvalue weighted by atomic mass is 10.2. The molecule has 1 aromatic heterocycles. The van der Waals surface area contributed by atoms with E-state index in [0.717, 1.165) is 6.20 Å². The number of aromatic nitrogens is 1. The summed E-state index contributed by atoms with van der Waals surface area (Å²) in [7, 11) is 0. The van der Waals surface area contributed by atoms with Crippen molar-refractivity contribution in [2.75, 3.05) is 5.32 Å². The van der Waals surface area contributed by atoms with Gasteiger partial charge in [-0.25, -0.2) is 4.98 Å². The molecule has 0 saturated heterocycles. The van der Waals surface area contributed by atoms with Crippen molar-refractivity contribution < 1.29 is 18.3 Å². The normalized spacial score (nSPS) is 10.6. The van der Waals surface area contributed by atoms with Gasteiger partial charge in [0.25, 0.3) is 5.91 Å². The molecule has 0 aliphatic heterocycles. The van der Waals surface area contributed by atoms with Crippen molar-refractivity contribution in [1.29, 1.82) is 0 Å². The Morgan fingerprint density at radius 1 is 1.18 bits per heavy atom. The van der Waals surface area contributed by atoms with Crippen LogP contribution in [-0.2, 0) is 0 Å². The number of pyridine rings is 1. The van der Waals surface area contributed by atoms with Gasteiger partial charge in [-0.15, -0.1) is 0 Å². The van der Waals surface area contributed by atoms with Gasteiger partial charge in [0.15, 0.2) is 0 Å². The molecule has 0 radical (unpaired) electrons. The monoisotopic (exact) mass is 366 g/mol. The van der Waals surface area contributed by atoms with Gasteiger partial charge < -0.3 is 10.1 Å². The lowest BCUT2D eigenvalue weighted by molar-refractivity contribution is -0.0493. The van der Waals surface area contributed by atoms with Crippen molar-refractivity contribution in [3.63, 3.8) is 0 Å². The molecule has 0 fully saturated rings. The minimum absolute atomic E-state index is 0.0272. The SMILES string of the molecule is O=C(Nc1ccccc1OC(F)F)c1ncc(Cl)c(Cl)c1Cl. The third kappa shape index (κ3) is 3.76. The van der Waals surface area contributed by atoms with Crippen LogP contribution in [-0.4, -0.2) is 17.5 Å². The van der Waals surface area contributed by atoms with E-state index in [4.69, 9.17) is 34.8 Å². The largest absolute Gasteiger partial charge is 0.433 e. The number of halogens is 5. The molecule has 0 spiro atoms. The molecule has 9 heteroatoms. The van der Waals surface area contributed by atoms with Gasteiger partial charge in [0, 0.05) is 6.20 Å². The standard InChI is InChI=1S/C13H7Cl3F2N2O2/c14-6-5-19-11(10(16)9(6)15)12(21)20-7-3-1-2-4-8(7)22-13(17)18/h1-5,13H,(H,20,21). The zero-order valence-electron chi connectivity index (χ0n) is 10.6. The maximum Gasteiger partial charge on any atom is 0.387 e. The summed E-state index contributed by atoms with van der Waals surface area (Å²) in [5.41, 5.74) is -0.153. The average Bonchev–Trinajstić information content (AvgIpc) is 2.46. The lowest BCUT2D eigenvalue weighted by Crippen LogP contribution is -2.16. The summed E-state index contributed by atoms with van der Waals surface area (Å²) in [6.45, 7) is -3.02. The Kier molecular flexibility index (Phi) is 5.39. The highest BCUT2D eigenvalue weighted by Crippen LogP contribution is 2.32. The van der Waals surface area contributed by atoms with Crippen molar-refractivity contribution in [2.45, 2.75) is 6.61 Å². The molecule has 4 nitrogen and oxygen atoms in total. The first-order valence-corrected chi connectivity index (χ1v) is 6.88. The van der Waals surface area contributed by atoms with E-state index in [1.807, 2.05) is 0 Å². The van der Waals surface area contributed by atoms with Crippen LogP contribution >= 0.6 is 34.8 Å². The van der Waals surface area contributed by atoms with E-state index in [-0.39, 0.29) is 32.2 Å². The average molecular weight is 368 g/mol. The second-order valence-electron chi connectivity index (χ2n) is 3.91. The summed E-state index contributed by atoms with van der Waals surface area (Å²) in [4.78, 5) is 15.9. The highest BCUT2D eigenvalue weighted by molar-refractivity contribution is 6.49. The fourth-order valence-electron chi connectivity index (χ4n) is 1.55. The van der Waals surface area contributed by atoms with Crippen molar-refractivity contribution in [3.05, 3.63) is 51.2 Å². The van der Waals surface area contributed by atoms with Crippen molar-refractivity contribution in [3.8, 4) is 5.75 Å². The second-order valence-corrected chi connectivity index (χ2v) is 5.07. The van der Waals surface area contributed by atoms with E-state index in [1.165, 1.54) is 24.3 Å². The van der Waals surface area contributed by atoms with Gasteiger partial charge in [0.05, 0.1) is 20.8 Å². The predicted octanol–water partition coefficient (Wildman–Crippen LogP) is 4.90. The summed E-state index contributed by atoms with van der Waals surface area (Å²) >= 11 is 17.4. The van der Waals surface area contributed by atoms with Crippen LogP contribution in [0.1, 0.15) is 10.5 Å². The fraction of sp³-hybridized carbons (Fsp3) is 0.0769. The van der Waals surface area contributed by atoms with Crippen LogP contribution in [0.25, 0.3) is 0 Å². The molecule has 0 aliphatic carbocycles. The third-order valence-corrected chi connectivity index (χ3v) is 3.72. The van der Waals surface area contributed by atoms with Crippen LogP contribution in [0.2, 0.25) is 15.1 Å². The van der Waals surface area contributed by atoms with E-state index < -0.39 is 12.5 Å². The van der Waals surface area contributed by atoms with Gasteiger partial charge in [-0.05, 0) is 12.1 Å². The number of para-hydroxylation sites is 2. The molecule has 0 aliphatic rings. The van der Waals surface area contributed by atoms with Gasteiger partial charge in [0.1, 0.15) is 11.4 Å². The van der Waals surface area contributed by atoms with E-state index >= 15 is 0 Å². The van der Waals surface area contributed by atoms with Gasteiger partial charge in [0.2, 0.25) is 0 Å². The van der Waals surface area contributed by atoms with Crippen molar-refractivity contribution in [1.82, 2.24) is 4.98 Å². The third-order valence-electron chi connectivity index (χ3n) is 2.48. The molecular formula is C13H7Cl3F2N2O2. The molecule has 2 rings (SSSR count). The number of hydrogen-bond acceptors (Lipinski definition) is 3. The number of hydrogen-bond donors (Lipinski definition) is 1. The van der Waals surface area contributed by atoms with E-state index in [9.17, 15) is 13.6 Å². The molecule has 1 amide bonds. The number of amides is 1. The Morgan fingerprint density at radius 2 is 1.86 bits per heavy atom. The highest BCUT2D eigenvalue weighted by atomic mass is 35.5. The van der Waals surface area contributed by atoms with Crippen LogP contribution in [0.5, 0.6) is 5.75 Å². The number of anilines is 1. The van der Waals surface area contributed by atoms with E-state index in [2.05, 4.69) is 15.0 Å². The predicted molar refractivity (Wildman–Crippen MR) is 80.3 cm³/mol.